The van der Waals surface area contributed by atoms with E-state index in [1.807, 2.05) is 17.5 Å². The Morgan fingerprint density at radius 3 is 2.46 bits per heavy atom. The van der Waals surface area contributed by atoms with Crippen molar-refractivity contribution in [1.82, 2.24) is 4.90 Å². The number of halogens is 3. The molecule has 1 amide bonds. The van der Waals surface area contributed by atoms with Crippen LogP contribution in [0.1, 0.15) is 28.1 Å². The van der Waals surface area contributed by atoms with Gasteiger partial charge >= 0.3 is 5.51 Å². The van der Waals surface area contributed by atoms with Crippen LogP contribution >= 0.6 is 11.3 Å². The summed E-state index contributed by atoms with van der Waals surface area (Å²) in [5.41, 5.74) is -5.26. The summed E-state index contributed by atoms with van der Waals surface area (Å²) in [6, 6.07) is 7.59. The molecule has 0 spiro atoms. The summed E-state index contributed by atoms with van der Waals surface area (Å²) in [5.74, 6) is -0.389. The largest absolute Gasteiger partial charge is 0.501 e. The Morgan fingerprint density at radius 1 is 1.21 bits per heavy atom. The molecule has 5 nitrogen and oxygen atoms in total. The van der Waals surface area contributed by atoms with Crippen molar-refractivity contribution >= 4 is 27.1 Å². The average molecular weight is 433 g/mol. The highest BCUT2D eigenvalue weighted by atomic mass is 32.2. The van der Waals surface area contributed by atoms with E-state index in [4.69, 9.17) is 4.74 Å². The Kier molecular flexibility index (Phi) is 6.11. The number of sulfone groups is 1. The quantitative estimate of drug-likeness (QED) is 0.694. The Morgan fingerprint density at radius 2 is 1.93 bits per heavy atom. The third kappa shape index (κ3) is 4.56. The van der Waals surface area contributed by atoms with Gasteiger partial charge in [0.1, 0.15) is 0 Å². The number of thiophene rings is 1. The Bertz CT molecular complexity index is 903. The molecule has 1 aromatic carbocycles. The summed E-state index contributed by atoms with van der Waals surface area (Å²) in [6.07, 6.45) is 1.65. The van der Waals surface area contributed by atoms with Crippen molar-refractivity contribution in [2.75, 3.05) is 13.2 Å². The van der Waals surface area contributed by atoms with E-state index in [2.05, 4.69) is 0 Å². The minimum Gasteiger partial charge on any atom is -0.376 e. The number of benzene rings is 1. The molecule has 152 valence electrons. The lowest BCUT2D eigenvalue weighted by molar-refractivity contribution is -0.0436. The first kappa shape index (κ1) is 20.8. The highest BCUT2D eigenvalue weighted by Crippen LogP contribution is 2.30. The Balaban J connectivity index is 1.81. The van der Waals surface area contributed by atoms with Gasteiger partial charge < -0.3 is 9.64 Å². The lowest BCUT2D eigenvalue weighted by atomic mass is 10.1. The molecule has 0 bridgehead atoms. The molecule has 1 saturated heterocycles. The van der Waals surface area contributed by atoms with Crippen LogP contribution in [0.4, 0.5) is 13.2 Å². The van der Waals surface area contributed by atoms with E-state index >= 15 is 0 Å². The molecule has 1 unspecified atom stereocenters. The number of hydrogen-bond acceptors (Lipinski definition) is 5. The summed E-state index contributed by atoms with van der Waals surface area (Å²) in [4.78, 5) is 14.6. The maximum atomic E-state index is 12.9. The third-order valence-electron chi connectivity index (χ3n) is 4.38. The van der Waals surface area contributed by atoms with Crippen LogP contribution in [-0.2, 0) is 21.1 Å². The minimum absolute atomic E-state index is 0.0891. The van der Waals surface area contributed by atoms with Gasteiger partial charge in [-0.25, -0.2) is 8.42 Å². The number of alkyl halides is 3. The first-order valence-electron chi connectivity index (χ1n) is 8.53. The minimum atomic E-state index is -5.44. The second-order valence-corrected chi connectivity index (χ2v) is 9.35. The van der Waals surface area contributed by atoms with Gasteiger partial charge in [0.15, 0.2) is 0 Å². The van der Waals surface area contributed by atoms with E-state index in [0.717, 1.165) is 42.0 Å². The van der Waals surface area contributed by atoms with E-state index in [-0.39, 0.29) is 17.6 Å². The maximum absolute atomic E-state index is 12.9. The summed E-state index contributed by atoms with van der Waals surface area (Å²) >= 11 is 1.49. The fourth-order valence-corrected chi connectivity index (χ4v) is 4.42. The van der Waals surface area contributed by atoms with Gasteiger partial charge in [-0.3, -0.25) is 4.79 Å². The normalized spacial score (nSPS) is 17.6. The highest BCUT2D eigenvalue weighted by Gasteiger charge is 2.46. The predicted molar refractivity (Wildman–Crippen MR) is 97.7 cm³/mol. The molecule has 10 heteroatoms. The van der Waals surface area contributed by atoms with Gasteiger partial charge in [0.2, 0.25) is 0 Å². The van der Waals surface area contributed by atoms with E-state index in [9.17, 15) is 26.4 Å². The number of ether oxygens (including phenoxy) is 1. The number of amides is 1. The van der Waals surface area contributed by atoms with Crippen molar-refractivity contribution in [3.63, 3.8) is 0 Å². The molecule has 1 aromatic heterocycles. The van der Waals surface area contributed by atoms with Crippen LogP contribution in [0.15, 0.2) is 46.7 Å². The van der Waals surface area contributed by atoms with Crippen molar-refractivity contribution in [1.29, 1.82) is 0 Å². The van der Waals surface area contributed by atoms with Crippen molar-refractivity contribution in [3.05, 3.63) is 52.2 Å². The summed E-state index contributed by atoms with van der Waals surface area (Å²) in [5, 5.41) is 1.89. The summed E-state index contributed by atoms with van der Waals surface area (Å²) < 4.78 is 66.6. The molecule has 2 heterocycles. The second kappa shape index (κ2) is 8.22. The molecule has 1 atom stereocenters. The molecule has 1 aliphatic heterocycles. The standard InChI is InChI=1S/C18H18F3NO4S2/c19-18(20,21)28(24,25)16-7-5-13(6-8-16)17(23)22(11-14-3-1-9-26-14)12-15-4-2-10-27-15/h2,4-8,10,14H,1,3,9,11-12H2. The lowest BCUT2D eigenvalue weighted by Crippen LogP contribution is -2.36. The molecule has 2 aromatic rings. The van der Waals surface area contributed by atoms with Crippen molar-refractivity contribution < 1.29 is 31.1 Å². The molecule has 0 aliphatic carbocycles. The number of carbonyl (C=O) groups excluding carboxylic acids is 1. The van der Waals surface area contributed by atoms with Gasteiger partial charge in [-0.15, -0.1) is 11.3 Å². The fourth-order valence-electron chi connectivity index (χ4n) is 2.94. The monoisotopic (exact) mass is 433 g/mol. The Hall–Kier alpha value is -1.91. The van der Waals surface area contributed by atoms with Crippen LogP contribution in [0.2, 0.25) is 0 Å². The number of hydrogen-bond donors (Lipinski definition) is 0. The topological polar surface area (TPSA) is 63.7 Å². The van der Waals surface area contributed by atoms with Crippen molar-refractivity contribution in [2.24, 2.45) is 0 Å². The van der Waals surface area contributed by atoms with Gasteiger partial charge in [0, 0.05) is 23.6 Å². The highest BCUT2D eigenvalue weighted by molar-refractivity contribution is 7.92. The zero-order valence-corrected chi connectivity index (χ0v) is 16.3. The van der Waals surface area contributed by atoms with Crippen LogP contribution in [0.5, 0.6) is 0 Å². The molecule has 3 rings (SSSR count). The van der Waals surface area contributed by atoms with E-state index in [1.165, 1.54) is 11.3 Å². The van der Waals surface area contributed by atoms with Crippen LogP contribution in [0.3, 0.4) is 0 Å². The van der Waals surface area contributed by atoms with E-state index < -0.39 is 20.2 Å². The zero-order chi connectivity index (χ0) is 20.4. The Labute approximate surface area is 164 Å². The van der Waals surface area contributed by atoms with Crippen molar-refractivity contribution in [3.8, 4) is 0 Å². The first-order chi connectivity index (χ1) is 13.2. The molecule has 28 heavy (non-hydrogen) atoms. The number of nitrogens with zero attached hydrogens (tertiary/aromatic N) is 1. The summed E-state index contributed by atoms with van der Waals surface area (Å²) in [6.45, 7) is 1.34. The molecule has 0 saturated carbocycles. The molecule has 0 N–H and O–H groups in total. The molecule has 0 radical (unpaired) electrons. The van der Waals surface area contributed by atoms with Crippen molar-refractivity contribution in [2.45, 2.75) is 35.9 Å². The van der Waals surface area contributed by atoms with Gasteiger partial charge in [-0.05, 0) is 48.6 Å². The van der Waals surface area contributed by atoms with Gasteiger partial charge in [0.25, 0.3) is 15.7 Å². The van der Waals surface area contributed by atoms with E-state index in [1.54, 1.807) is 4.90 Å². The molecule has 1 aliphatic rings. The SMILES string of the molecule is O=C(c1ccc(S(=O)(=O)C(F)(F)F)cc1)N(Cc1cccs1)CC1CCCO1. The number of rotatable bonds is 6. The maximum Gasteiger partial charge on any atom is 0.501 e. The predicted octanol–water partition coefficient (Wildman–Crippen LogP) is 3.86. The van der Waals surface area contributed by atoms with Gasteiger partial charge in [-0.1, -0.05) is 6.07 Å². The van der Waals surface area contributed by atoms with Crippen LogP contribution < -0.4 is 0 Å². The molecule has 1 fully saturated rings. The number of carbonyl (C=O) groups is 1. The van der Waals surface area contributed by atoms with Crippen LogP contribution in [0.25, 0.3) is 0 Å². The third-order valence-corrected chi connectivity index (χ3v) is 6.74. The van der Waals surface area contributed by atoms with Gasteiger partial charge in [0.05, 0.1) is 17.5 Å². The average Bonchev–Trinajstić information content (AvgIpc) is 3.34. The van der Waals surface area contributed by atoms with E-state index in [0.29, 0.717) is 19.7 Å². The summed E-state index contributed by atoms with van der Waals surface area (Å²) in [7, 11) is -5.44. The van der Waals surface area contributed by atoms with Crippen LogP contribution in [0, 0.1) is 0 Å². The van der Waals surface area contributed by atoms with Gasteiger partial charge in [-0.2, -0.15) is 13.2 Å². The lowest BCUT2D eigenvalue weighted by Gasteiger charge is -2.25. The molecular formula is C18H18F3NO4S2. The smallest absolute Gasteiger partial charge is 0.376 e. The second-order valence-electron chi connectivity index (χ2n) is 6.37. The fraction of sp³-hybridized carbons (Fsp3) is 0.389. The zero-order valence-electron chi connectivity index (χ0n) is 14.7. The molecular weight excluding hydrogens is 415 g/mol. The van der Waals surface area contributed by atoms with Crippen LogP contribution in [-0.4, -0.2) is 44.0 Å². The first-order valence-corrected chi connectivity index (χ1v) is 10.9.